The Labute approximate surface area is 149 Å². The fourth-order valence-electron chi connectivity index (χ4n) is 2.88. The molecule has 1 amide bonds. The lowest BCUT2D eigenvalue weighted by atomic mass is 10.1. The maximum Gasteiger partial charge on any atom is 0.266 e. The van der Waals surface area contributed by atoms with E-state index in [0.717, 1.165) is 23.5 Å². The number of benzene rings is 1. The van der Waals surface area contributed by atoms with Crippen LogP contribution in [0.4, 0.5) is 0 Å². The smallest absolute Gasteiger partial charge is 0.266 e. The Balaban J connectivity index is 1.56. The molecule has 1 atom stereocenters. The van der Waals surface area contributed by atoms with Crippen LogP contribution in [0.25, 0.3) is 6.08 Å². The molecule has 1 saturated heterocycles. The first-order valence-corrected chi connectivity index (χ1v) is 8.90. The molecule has 0 bridgehead atoms. The molecule has 2 aliphatic rings. The Morgan fingerprint density at radius 1 is 1.42 bits per heavy atom. The van der Waals surface area contributed by atoms with Crippen LogP contribution >= 0.6 is 24.0 Å². The number of fused-ring (bicyclic) bond motifs is 1. The number of amides is 1. The highest BCUT2D eigenvalue weighted by Gasteiger charge is 2.32. The average Bonchev–Trinajstić information content (AvgIpc) is 3.23. The van der Waals surface area contributed by atoms with E-state index in [4.69, 9.17) is 21.4 Å². The molecular weight excluding hydrogens is 342 g/mol. The van der Waals surface area contributed by atoms with Gasteiger partial charge in [0.1, 0.15) is 21.9 Å². The number of thioether (sulfide) groups is 1. The van der Waals surface area contributed by atoms with Crippen LogP contribution in [-0.2, 0) is 17.8 Å². The van der Waals surface area contributed by atoms with Gasteiger partial charge >= 0.3 is 0 Å². The number of hydrogen-bond donors (Lipinski definition) is 0. The quantitative estimate of drug-likeness (QED) is 0.613. The SMILES string of the molecule is C[C@H]1Cc2cc(/C=C3/SC(=S)N(Cc4ccco4)C3=O)ccc2O1. The van der Waals surface area contributed by atoms with Gasteiger partial charge in [0, 0.05) is 6.42 Å². The topological polar surface area (TPSA) is 42.7 Å². The van der Waals surface area contributed by atoms with Gasteiger partial charge in [-0.3, -0.25) is 9.69 Å². The van der Waals surface area contributed by atoms with E-state index < -0.39 is 0 Å². The first kappa shape index (κ1) is 15.5. The molecule has 24 heavy (non-hydrogen) atoms. The van der Waals surface area contributed by atoms with Crippen LogP contribution in [0, 0.1) is 0 Å². The number of furan rings is 1. The van der Waals surface area contributed by atoms with Crippen molar-refractivity contribution in [2.24, 2.45) is 0 Å². The van der Waals surface area contributed by atoms with Crippen molar-refractivity contribution in [2.75, 3.05) is 0 Å². The van der Waals surface area contributed by atoms with E-state index in [9.17, 15) is 4.79 Å². The Kier molecular flexibility index (Phi) is 3.94. The van der Waals surface area contributed by atoms with Crippen molar-refractivity contribution in [1.29, 1.82) is 0 Å². The summed E-state index contributed by atoms with van der Waals surface area (Å²) in [6.07, 6.45) is 4.60. The van der Waals surface area contributed by atoms with Gasteiger partial charge in [-0.2, -0.15) is 0 Å². The first-order chi connectivity index (χ1) is 11.6. The standard InChI is InChI=1S/C18H15NO3S2/c1-11-7-13-8-12(4-5-15(13)22-11)9-16-17(20)19(18(23)24-16)10-14-3-2-6-21-14/h2-6,8-9,11H,7,10H2,1H3/b16-9+/t11-/m0/s1. The summed E-state index contributed by atoms with van der Waals surface area (Å²) in [6.45, 7) is 2.42. The highest BCUT2D eigenvalue weighted by atomic mass is 32.2. The summed E-state index contributed by atoms with van der Waals surface area (Å²) in [5.41, 5.74) is 2.17. The summed E-state index contributed by atoms with van der Waals surface area (Å²) in [4.78, 5) is 14.8. The number of carbonyl (C=O) groups is 1. The predicted molar refractivity (Wildman–Crippen MR) is 97.7 cm³/mol. The maximum atomic E-state index is 12.6. The van der Waals surface area contributed by atoms with E-state index in [1.807, 2.05) is 24.3 Å². The lowest BCUT2D eigenvalue weighted by Crippen LogP contribution is -2.27. The van der Waals surface area contributed by atoms with Crippen molar-refractivity contribution in [3.8, 4) is 5.75 Å². The largest absolute Gasteiger partial charge is 0.490 e. The van der Waals surface area contributed by atoms with Crippen LogP contribution in [0.3, 0.4) is 0 Å². The molecule has 122 valence electrons. The van der Waals surface area contributed by atoms with Gasteiger partial charge in [-0.15, -0.1) is 0 Å². The van der Waals surface area contributed by atoms with Crippen molar-refractivity contribution in [3.63, 3.8) is 0 Å². The number of thiocarbonyl (C=S) groups is 1. The van der Waals surface area contributed by atoms with Crippen molar-refractivity contribution in [3.05, 3.63) is 58.4 Å². The van der Waals surface area contributed by atoms with Crippen LogP contribution in [0.1, 0.15) is 23.8 Å². The number of carbonyl (C=O) groups excluding carboxylic acids is 1. The molecule has 2 aliphatic heterocycles. The van der Waals surface area contributed by atoms with Crippen LogP contribution in [-0.4, -0.2) is 21.2 Å². The monoisotopic (exact) mass is 357 g/mol. The second-order valence-corrected chi connectivity index (χ2v) is 7.52. The molecule has 0 unspecified atom stereocenters. The Morgan fingerprint density at radius 2 is 2.29 bits per heavy atom. The summed E-state index contributed by atoms with van der Waals surface area (Å²) in [6, 6.07) is 9.66. The summed E-state index contributed by atoms with van der Waals surface area (Å²) in [5, 5.41) is 0. The summed E-state index contributed by atoms with van der Waals surface area (Å²) in [7, 11) is 0. The van der Waals surface area contributed by atoms with Crippen LogP contribution in [0.2, 0.25) is 0 Å². The molecule has 1 aromatic carbocycles. The van der Waals surface area contributed by atoms with E-state index in [1.54, 1.807) is 17.2 Å². The van der Waals surface area contributed by atoms with E-state index in [2.05, 4.69) is 13.0 Å². The normalized spacial score (nSPS) is 21.5. The summed E-state index contributed by atoms with van der Waals surface area (Å²) >= 11 is 6.67. The van der Waals surface area contributed by atoms with Gasteiger partial charge < -0.3 is 9.15 Å². The number of rotatable bonds is 3. The van der Waals surface area contributed by atoms with Gasteiger partial charge in [0.15, 0.2) is 0 Å². The minimum atomic E-state index is -0.0773. The third-order valence-electron chi connectivity index (χ3n) is 3.99. The fourth-order valence-corrected chi connectivity index (χ4v) is 4.13. The molecule has 6 heteroatoms. The molecule has 4 nitrogen and oxygen atoms in total. The van der Waals surface area contributed by atoms with Gasteiger partial charge in [0.05, 0.1) is 17.7 Å². The van der Waals surface area contributed by atoms with E-state index >= 15 is 0 Å². The highest BCUT2D eigenvalue weighted by Crippen LogP contribution is 2.35. The van der Waals surface area contributed by atoms with Gasteiger partial charge in [-0.1, -0.05) is 30.0 Å². The Bertz CT molecular complexity index is 842. The predicted octanol–water partition coefficient (Wildman–Crippen LogP) is 4.00. The van der Waals surface area contributed by atoms with Crippen LogP contribution in [0.5, 0.6) is 5.75 Å². The zero-order valence-corrected chi connectivity index (χ0v) is 14.7. The molecule has 3 heterocycles. The molecule has 4 rings (SSSR count). The van der Waals surface area contributed by atoms with E-state index in [-0.39, 0.29) is 12.0 Å². The summed E-state index contributed by atoms with van der Waals surface area (Å²) in [5.74, 6) is 1.58. The second kappa shape index (κ2) is 6.11. The number of ether oxygens (including phenoxy) is 1. The Hall–Kier alpha value is -2.05. The van der Waals surface area contributed by atoms with Crippen molar-refractivity contribution in [1.82, 2.24) is 4.90 Å². The van der Waals surface area contributed by atoms with Crippen LogP contribution in [0.15, 0.2) is 45.9 Å². The second-order valence-electron chi connectivity index (χ2n) is 5.85. The van der Waals surface area contributed by atoms with E-state index in [0.29, 0.717) is 15.8 Å². The van der Waals surface area contributed by atoms with Gasteiger partial charge in [-0.05, 0) is 48.4 Å². The molecule has 0 spiro atoms. The first-order valence-electron chi connectivity index (χ1n) is 7.67. The molecule has 0 N–H and O–H groups in total. The van der Waals surface area contributed by atoms with Crippen LogP contribution < -0.4 is 4.74 Å². The maximum absolute atomic E-state index is 12.6. The average molecular weight is 357 g/mol. The van der Waals surface area contributed by atoms with E-state index in [1.165, 1.54) is 17.3 Å². The molecule has 0 saturated carbocycles. The fraction of sp³-hybridized carbons (Fsp3) is 0.222. The Morgan fingerprint density at radius 3 is 3.08 bits per heavy atom. The minimum Gasteiger partial charge on any atom is -0.490 e. The third-order valence-corrected chi connectivity index (χ3v) is 5.36. The van der Waals surface area contributed by atoms with Crippen molar-refractivity contribution >= 4 is 40.3 Å². The highest BCUT2D eigenvalue weighted by molar-refractivity contribution is 8.26. The molecule has 0 radical (unpaired) electrons. The van der Waals surface area contributed by atoms with Gasteiger partial charge in [0.25, 0.3) is 5.91 Å². The summed E-state index contributed by atoms with van der Waals surface area (Å²) < 4.78 is 11.6. The number of hydrogen-bond acceptors (Lipinski definition) is 5. The molecule has 1 fully saturated rings. The number of nitrogens with zero attached hydrogens (tertiary/aromatic N) is 1. The lowest BCUT2D eigenvalue weighted by Gasteiger charge is -2.11. The lowest BCUT2D eigenvalue weighted by molar-refractivity contribution is -0.122. The molecular formula is C18H15NO3S2. The minimum absolute atomic E-state index is 0.0773. The molecule has 2 aromatic rings. The molecule has 1 aromatic heterocycles. The van der Waals surface area contributed by atoms with Crippen molar-refractivity contribution in [2.45, 2.75) is 26.0 Å². The van der Waals surface area contributed by atoms with Gasteiger partial charge in [-0.25, -0.2) is 0 Å². The zero-order chi connectivity index (χ0) is 16.7. The zero-order valence-electron chi connectivity index (χ0n) is 13.0. The molecule has 0 aliphatic carbocycles. The van der Waals surface area contributed by atoms with Gasteiger partial charge in [0.2, 0.25) is 0 Å². The third kappa shape index (κ3) is 2.87. The van der Waals surface area contributed by atoms with Crippen molar-refractivity contribution < 1.29 is 13.9 Å².